The molecule has 2 fully saturated rings. The van der Waals surface area contributed by atoms with Crippen molar-refractivity contribution >= 4 is 28.0 Å². The van der Waals surface area contributed by atoms with Gasteiger partial charge in [-0.25, -0.2) is 9.50 Å². The summed E-state index contributed by atoms with van der Waals surface area (Å²) in [7, 11) is 0. The monoisotopic (exact) mass is 429 g/mol. The Morgan fingerprint density at radius 3 is 2.97 bits per heavy atom. The maximum atomic E-state index is 13.0. The third-order valence-corrected chi connectivity index (χ3v) is 6.95. The van der Waals surface area contributed by atoms with E-state index in [9.17, 15) is 9.90 Å². The van der Waals surface area contributed by atoms with Gasteiger partial charge in [-0.05, 0) is 31.9 Å². The number of fused-ring (bicyclic) bond motifs is 1. The first kappa shape index (κ1) is 19.3. The first-order valence-electron chi connectivity index (χ1n) is 9.92. The highest BCUT2D eigenvalue weighted by atomic mass is 32.1. The molecule has 2 aliphatic rings. The number of nitrogens with zero attached hydrogens (tertiary/aromatic N) is 6. The van der Waals surface area contributed by atoms with E-state index in [4.69, 9.17) is 4.74 Å². The van der Waals surface area contributed by atoms with Gasteiger partial charge in [0.05, 0.1) is 23.3 Å². The second kappa shape index (κ2) is 7.25. The van der Waals surface area contributed by atoms with Crippen molar-refractivity contribution in [3.8, 4) is 0 Å². The molecule has 30 heavy (non-hydrogen) atoms. The molecule has 2 aliphatic heterocycles. The third kappa shape index (κ3) is 3.42. The molecule has 5 heterocycles. The molecule has 1 spiro atoms. The second-order valence-corrected chi connectivity index (χ2v) is 9.06. The Labute approximate surface area is 176 Å². The molecule has 0 aliphatic carbocycles. The standard InChI is InChI=1S/C19H23N7O3S/c1-18(23-16(28)13-2-3-15-20-11-22-26(15)8-13)10-19(29-9-14(18)27)4-6-25(7-5-19)17-24-21-12-30-17/h2-3,8,11-12,14,27H,4-7,9-10H2,1H3,(H,23,28)/t14-,18-/m1/s1. The predicted octanol–water partition coefficient (Wildman–Crippen LogP) is 0.890. The highest BCUT2D eigenvalue weighted by Gasteiger charge is 2.50. The Bertz CT molecular complexity index is 1050. The molecule has 0 unspecified atom stereocenters. The van der Waals surface area contributed by atoms with Gasteiger partial charge in [0.15, 0.2) is 5.65 Å². The Balaban J connectivity index is 1.30. The van der Waals surface area contributed by atoms with Crippen molar-refractivity contribution in [3.63, 3.8) is 0 Å². The van der Waals surface area contributed by atoms with Crippen molar-refractivity contribution in [1.82, 2.24) is 30.1 Å². The molecular formula is C19H23N7O3S. The van der Waals surface area contributed by atoms with Gasteiger partial charge in [0, 0.05) is 25.7 Å². The lowest BCUT2D eigenvalue weighted by molar-refractivity contribution is -0.167. The largest absolute Gasteiger partial charge is 0.388 e. The fourth-order valence-corrected chi connectivity index (χ4v) is 5.03. The van der Waals surface area contributed by atoms with Gasteiger partial charge in [-0.15, -0.1) is 10.2 Å². The van der Waals surface area contributed by atoms with Crippen LogP contribution in [0.25, 0.3) is 5.65 Å². The van der Waals surface area contributed by atoms with Gasteiger partial charge in [0.1, 0.15) is 17.9 Å². The number of aliphatic hydroxyl groups excluding tert-OH is 1. The molecule has 158 valence electrons. The smallest absolute Gasteiger partial charge is 0.253 e. The Morgan fingerprint density at radius 2 is 2.20 bits per heavy atom. The summed E-state index contributed by atoms with van der Waals surface area (Å²) in [5, 5.41) is 26.8. The normalized spacial score (nSPS) is 26.2. The highest BCUT2D eigenvalue weighted by Crippen LogP contribution is 2.40. The first-order chi connectivity index (χ1) is 14.5. The summed E-state index contributed by atoms with van der Waals surface area (Å²) in [6.45, 7) is 3.69. The number of aromatic nitrogens is 5. The van der Waals surface area contributed by atoms with Crippen LogP contribution in [0.4, 0.5) is 5.13 Å². The summed E-state index contributed by atoms with van der Waals surface area (Å²) >= 11 is 1.53. The number of pyridine rings is 1. The van der Waals surface area contributed by atoms with Crippen LogP contribution in [0.15, 0.2) is 30.2 Å². The number of rotatable bonds is 3. The van der Waals surface area contributed by atoms with Crippen LogP contribution in [0, 0.1) is 0 Å². The maximum absolute atomic E-state index is 13.0. The number of aliphatic hydroxyl groups is 1. The van der Waals surface area contributed by atoms with Crippen molar-refractivity contribution in [3.05, 3.63) is 35.7 Å². The number of piperidine rings is 1. The number of hydrogen-bond acceptors (Lipinski definition) is 9. The van der Waals surface area contributed by atoms with Crippen LogP contribution in [0.2, 0.25) is 0 Å². The molecule has 1 amide bonds. The Morgan fingerprint density at radius 1 is 1.37 bits per heavy atom. The fraction of sp³-hybridized carbons (Fsp3) is 0.526. The molecule has 5 rings (SSSR count). The van der Waals surface area contributed by atoms with Crippen LogP contribution in [0.1, 0.15) is 36.5 Å². The van der Waals surface area contributed by atoms with E-state index < -0.39 is 11.6 Å². The van der Waals surface area contributed by atoms with Crippen molar-refractivity contribution < 1.29 is 14.6 Å². The lowest BCUT2D eigenvalue weighted by Crippen LogP contribution is -2.65. The van der Waals surface area contributed by atoms with E-state index in [0.717, 1.165) is 31.1 Å². The van der Waals surface area contributed by atoms with Crippen LogP contribution >= 0.6 is 11.3 Å². The minimum atomic E-state index is -0.794. The summed E-state index contributed by atoms with van der Waals surface area (Å²) in [6, 6.07) is 3.46. The second-order valence-electron chi connectivity index (χ2n) is 8.25. The van der Waals surface area contributed by atoms with Crippen molar-refractivity contribution in [2.75, 3.05) is 24.6 Å². The van der Waals surface area contributed by atoms with Gasteiger partial charge in [-0.3, -0.25) is 4.79 Å². The van der Waals surface area contributed by atoms with E-state index in [-0.39, 0.29) is 18.1 Å². The van der Waals surface area contributed by atoms with Gasteiger partial charge in [-0.1, -0.05) is 11.3 Å². The molecular weight excluding hydrogens is 406 g/mol. The van der Waals surface area contributed by atoms with E-state index >= 15 is 0 Å². The third-order valence-electron chi connectivity index (χ3n) is 6.20. The minimum absolute atomic E-state index is 0.192. The van der Waals surface area contributed by atoms with Crippen molar-refractivity contribution in [2.45, 2.75) is 43.4 Å². The van der Waals surface area contributed by atoms with E-state index in [1.807, 2.05) is 6.92 Å². The van der Waals surface area contributed by atoms with Crippen LogP contribution in [-0.2, 0) is 4.74 Å². The molecule has 0 bridgehead atoms. The molecule has 3 aromatic rings. The molecule has 10 nitrogen and oxygen atoms in total. The van der Waals surface area contributed by atoms with E-state index in [1.165, 1.54) is 17.7 Å². The molecule has 2 atom stereocenters. The average Bonchev–Trinajstić information content (AvgIpc) is 3.43. The highest BCUT2D eigenvalue weighted by molar-refractivity contribution is 7.13. The van der Waals surface area contributed by atoms with Crippen molar-refractivity contribution in [2.24, 2.45) is 0 Å². The fourth-order valence-electron chi connectivity index (χ4n) is 4.42. The summed E-state index contributed by atoms with van der Waals surface area (Å²) in [5.41, 5.74) is 1.70. The lowest BCUT2D eigenvalue weighted by Gasteiger charge is -2.51. The molecule has 2 N–H and O–H groups in total. The Kier molecular flexibility index (Phi) is 4.68. The van der Waals surface area contributed by atoms with E-state index in [2.05, 4.69) is 30.5 Å². The van der Waals surface area contributed by atoms with E-state index in [0.29, 0.717) is 17.6 Å². The van der Waals surface area contributed by atoms with Crippen LogP contribution < -0.4 is 10.2 Å². The summed E-state index contributed by atoms with van der Waals surface area (Å²) in [5.74, 6) is -0.253. The van der Waals surface area contributed by atoms with Gasteiger partial charge in [0.2, 0.25) is 5.13 Å². The van der Waals surface area contributed by atoms with Crippen molar-refractivity contribution in [1.29, 1.82) is 0 Å². The number of anilines is 1. The molecule has 0 saturated carbocycles. The average molecular weight is 430 g/mol. The SMILES string of the molecule is C[C@@]1(NC(=O)c2ccc3ncnn3c2)CC2(CCN(c3nncs3)CC2)OC[C@H]1O. The quantitative estimate of drug-likeness (QED) is 0.630. The summed E-state index contributed by atoms with van der Waals surface area (Å²) in [6.07, 6.45) is 4.44. The van der Waals surface area contributed by atoms with E-state index in [1.54, 1.807) is 28.4 Å². The summed E-state index contributed by atoms with van der Waals surface area (Å²) in [4.78, 5) is 19.3. The number of hydrogen-bond donors (Lipinski definition) is 2. The van der Waals surface area contributed by atoms with Gasteiger partial charge in [-0.2, -0.15) is 5.10 Å². The number of amides is 1. The molecule has 2 saturated heterocycles. The zero-order valence-corrected chi connectivity index (χ0v) is 17.4. The van der Waals surface area contributed by atoms with Gasteiger partial charge >= 0.3 is 0 Å². The number of nitrogens with one attached hydrogen (secondary N) is 1. The molecule has 3 aromatic heterocycles. The molecule has 0 aromatic carbocycles. The van der Waals surface area contributed by atoms with Gasteiger partial charge < -0.3 is 20.1 Å². The Hall–Kier alpha value is -2.63. The number of carbonyl (C=O) groups is 1. The minimum Gasteiger partial charge on any atom is -0.388 e. The van der Waals surface area contributed by atoms with Gasteiger partial charge in [0.25, 0.3) is 5.91 Å². The maximum Gasteiger partial charge on any atom is 0.253 e. The topological polar surface area (TPSA) is 118 Å². The lowest BCUT2D eigenvalue weighted by atomic mass is 9.74. The predicted molar refractivity (Wildman–Crippen MR) is 110 cm³/mol. The van der Waals surface area contributed by atoms with Crippen LogP contribution in [-0.4, -0.2) is 72.7 Å². The number of ether oxygens (including phenoxy) is 1. The first-order valence-corrected chi connectivity index (χ1v) is 10.8. The molecule has 11 heteroatoms. The summed E-state index contributed by atoms with van der Waals surface area (Å²) < 4.78 is 7.69. The van der Waals surface area contributed by atoms with Crippen LogP contribution in [0.3, 0.4) is 0 Å². The zero-order chi connectivity index (χ0) is 20.8. The number of carbonyl (C=O) groups excluding carboxylic acids is 1. The zero-order valence-electron chi connectivity index (χ0n) is 16.6. The van der Waals surface area contributed by atoms with Crippen LogP contribution in [0.5, 0.6) is 0 Å². The molecule has 0 radical (unpaired) electrons.